The number of fused-ring (bicyclic) bond motifs is 1. The maximum absolute atomic E-state index is 13.8. The summed E-state index contributed by atoms with van der Waals surface area (Å²) in [6.07, 6.45) is 0.378. The average Bonchev–Trinajstić information content (AvgIpc) is 3.43. The van der Waals surface area contributed by atoms with E-state index in [0.717, 1.165) is 46.9 Å². The first-order chi connectivity index (χ1) is 15.2. The second-order valence-electron chi connectivity index (χ2n) is 8.15. The van der Waals surface area contributed by atoms with Crippen molar-refractivity contribution in [2.24, 2.45) is 7.05 Å². The zero-order chi connectivity index (χ0) is 22.9. The quantitative estimate of drug-likeness (QED) is 0.569. The van der Waals surface area contributed by atoms with Crippen LogP contribution in [0.2, 0.25) is 0 Å². The van der Waals surface area contributed by atoms with Crippen molar-refractivity contribution in [2.45, 2.75) is 49.9 Å². The monoisotopic (exact) mass is 463 g/mol. The van der Waals surface area contributed by atoms with E-state index in [9.17, 15) is 23.1 Å². The molecule has 2 heterocycles. The molecule has 2 N–H and O–H groups in total. The molecule has 2 unspecified atom stereocenters. The summed E-state index contributed by atoms with van der Waals surface area (Å²) >= 11 is 1.41. The van der Waals surface area contributed by atoms with Crippen LogP contribution in [0.25, 0.3) is 0 Å². The van der Waals surface area contributed by atoms with Gasteiger partial charge in [-0.25, -0.2) is 4.98 Å². The molecule has 0 radical (unpaired) electrons. The third-order valence-electron chi connectivity index (χ3n) is 5.92. The van der Waals surface area contributed by atoms with Crippen molar-refractivity contribution in [3.63, 3.8) is 0 Å². The van der Waals surface area contributed by atoms with E-state index in [0.29, 0.717) is 0 Å². The first-order valence-electron chi connectivity index (χ1n) is 10.4. The standard InChI is InChI=1S/C23H24F3N3O2S/c1-29-11-10-27-21(29)22(31,23(24,25)26)14-19(30)28-20(18-7-4-12-32-18)17-9-8-15-5-2-3-6-16(15)13-17/h4,7-13,20,31H,2-3,5-6,14H2,1H3,(H,28,30). The Hall–Kier alpha value is -2.65. The molecular formula is C23H24F3N3O2S. The number of aliphatic hydroxyl groups is 1. The summed E-state index contributed by atoms with van der Waals surface area (Å²) in [5.74, 6) is -1.54. The number of nitrogens with zero attached hydrogens (tertiary/aromatic N) is 2. The number of nitrogens with one attached hydrogen (secondary N) is 1. The van der Waals surface area contributed by atoms with Crippen LogP contribution in [0.15, 0.2) is 48.1 Å². The lowest BCUT2D eigenvalue weighted by Gasteiger charge is -2.30. The Labute approximate surface area is 187 Å². The molecule has 32 heavy (non-hydrogen) atoms. The highest BCUT2D eigenvalue weighted by Gasteiger charge is 2.58. The van der Waals surface area contributed by atoms with Gasteiger partial charge in [0.15, 0.2) is 5.82 Å². The lowest BCUT2D eigenvalue weighted by molar-refractivity contribution is -0.271. The summed E-state index contributed by atoms with van der Waals surface area (Å²) < 4.78 is 42.6. The van der Waals surface area contributed by atoms with Crippen molar-refractivity contribution in [1.82, 2.24) is 14.9 Å². The Kier molecular flexibility index (Phi) is 6.13. The van der Waals surface area contributed by atoms with E-state index in [2.05, 4.69) is 10.3 Å². The largest absolute Gasteiger partial charge is 0.425 e. The first kappa shape index (κ1) is 22.5. The molecule has 0 fully saturated rings. The number of thiophene rings is 1. The number of imidazole rings is 1. The van der Waals surface area contributed by atoms with Crippen LogP contribution in [0.1, 0.15) is 52.7 Å². The number of hydrogen-bond donors (Lipinski definition) is 2. The molecule has 9 heteroatoms. The van der Waals surface area contributed by atoms with Crippen LogP contribution in [0.4, 0.5) is 13.2 Å². The second kappa shape index (κ2) is 8.71. The van der Waals surface area contributed by atoms with E-state index < -0.39 is 36.0 Å². The topological polar surface area (TPSA) is 67.1 Å². The highest BCUT2D eigenvalue weighted by atomic mass is 32.1. The van der Waals surface area contributed by atoms with Gasteiger partial charge in [-0.15, -0.1) is 11.3 Å². The molecule has 2 atom stereocenters. The number of hydrogen-bond acceptors (Lipinski definition) is 4. The molecule has 0 aliphatic heterocycles. The van der Waals surface area contributed by atoms with E-state index >= 15 is 0 Å². The Morgan fingerprint density at radius 3 is 2.62 bits per heavy atom. The zero-order valence-corrected chi connectivity index (χ0v) is 18.3. The zero-order valence-electron chi connectivity index (χ0n) is 17.5. The number of carbonyl (C=O) groups excluding carboxylic acids is 1. The lowest BCUT2D eigenvalue weighted by atomic mass is 9.88. The van der Waals surface area contributed by atoms with Gasteiger partial charge in [-0.1, -0.05) is 24.3 Å². The summed E-state index contributed by atoms with van der Waals surface area (Å²) in [4.78, 5) is 17.3. The van der Waals surface area contributed by atoms with Gasteiger partial charge in [0, 0.05) is 24.3 Å². The fourth-order valence-electron chi connectivity index (χ4n) is 4.22. The molecule has 0 saturated carbocycles. The SMILES string of the molecule is Cn1ccnc1C(O)(CC(=O)NC(c1ccc2c(c1)CCCC2)c1cccs1)C(F)(F)F. The van der Waals surface area contributed by atoms with E-state index in [1.165, 1.54) is 35.7 Å². The third-order valence-corrected chi connectivity index (χ3v) is 6.85. The number of amides is 1. The van der Waals surface area contributed by atoms with Crippen molar-refractivity contribution in [3.8, 4) is 0 Å². The summed E-state index contributed by atoms with van der Waals surface area (Å²) in [5.41, 5.74) is -0.0959. The Balaban J connectivity index is 1.63. The minimum absolute atomic E-state index is 0.603. The highest BCUT2D eigenvalue weighted by molar-refractivity contribution is 7.10. The van der Waals surface area contributed by atoms with Gasteiger partial charge in [0.25, 0.3) is 0 Å². The fraction of sp³-hybridized carbons (Fsp3) is 0.391. The minimum Gasteiger partial charge on any atom is -0.374 e. The Bertz CT molecular complexity index is 1090. The van der Waals surface area contributed by atoms with Crippen molar-refractivity contribution in [3.05, 3.63) is 75.5 Å². The van der Waals surface area contributed by atoms with Gasteiger partial charge in [-0.2, -0.15) is 13.2 Å². The Morgan fingerprint density at radius 2 is 2.00 bits per heavy atom. The highest BCUT2D eigenvalue weighted by Crippen LogP contribution is 2.41. The van der Waals surface area contributed by atoms with Crippen LogP contribution in [0, 0.1) is 0 Å². The maximum atomic E-state index is 13.8. The number of benzene rings is 1. The van der Waals surface area contributed by atoms with Crippen LogP contribution in [-0.4, -0.2) is 26.7 Å². The van der Waals surface area contributed by atoms with Gasteiger partial charge in [-0.05, 0) is 53.8 Å². The molecule has 170 valence electrons. The van der Waals surface area contributed by atoms with Crippen LogP contribution in [0.3, 0.4) is 0 Å². The molecule has 3 aromatic rings. The molecule has 2 aromatic heterocycles. The van der Waals surface area contributed by atoms with Crippen molar-refractivity contribution >= 4 is 17.2 Å². The molecule has 4 rings (SSSR count). The number of aromatic nitrogens is 2. The lowest BCUT2D eigenvalue weighted by Crippen LogP contribution is -2.48. The Morgan fingerprint density at radius 1 is 1.25 bits per heavy atom. The summed E-state index contributed by atoms with van der Waals surface area (Å²) in [6, 6.07) is 9.06. The first-order valence-corrected chi connectivity index (χ1v) is 11.3. The van der Waals surface area contributed by atoms with Crippen molar-refractivity contribution in [2.75, 3.05) is 0 Å². The van der Waals surface area contributed by atoms with Gasteiger partial charge >= 0.3 is 6.18 Å². The number of carbonyl (C=O) groups is 1. The van der Waals surface area contributed by atoms with E-state index in [-0.39, 0.29) is 0 Å². The van der Waals surface area contributed by atoms with E-state index in [1.54, 1.807) is 0 Å². The molecule has 1 amide bonds. The van der Waals surface area contributed by atoms with Gasteiger partial charge < -0.3 is 15.0 Å². The molecule has 1 aromatic carbocycles. The predicted molar refractivity (Wildman–Crippen MR) is 115 cm³/mol. The van der Waals surface area contributed by atoms with Gasteiger partial charge in [0.1, 0.15) is 0 Å². The smallest absolute Gasteiger partial charge is 0.374 e. The number of aryl methyl sites for hydroxylation is 3. The van der Waals surface area contributed by atoms with Gasteiger partial charge in [-0.3, -0.25) is 4.79 Å². The second-order valence-corrected chi connectivity index (χ2v) is 9.13. The molecule has 1 aliphatic rings. The molecule has 0 bridgehead atoms. The molecular weight excluding hydrogens is 439 g/mol. The minimum atomic E-state index is -5.08. The van der Waals surface area contributed by atoms with Crippen LogP contribution < -0.4 is 5.32 Å². The van der Waals surface area contributed by atoms with Crippen LogP contribution >= 0.6 is 11.3 Å². The maximum Gasteiger partial charge on any atom is 0.425 e. The van der Waals surface area contributed by atoms with E-state index in [4.69, 9.17) is 0 Å². The van der Waals surface area contributed by atoms with Gasteiger partial charge in [0.05, 0.1) is 12.5 Å². The van der Waals surface area contributed by atoms with Gasteiger partial charge in [0.2, 0.25) is 11.5 Å². The van der Waals surface area contributed by atoms with Crippen LogP contribution in [0.5, 0.6) is 0 Å². The van der Waals surface area contributed by atoms with E-state index in [1.807, 2.05) is 35.7 Å². The number of halogens is 3. The normalized spacial score (nSPS) is 16.8. The fourth-order valence-corrected chi connectivity index (χ4v) is 5.02. The van der Waals surface area contributed by atoms with Crippen molar-refractivity contribution < 1.29 is 23.1 Å². The molecule has 0 spiro atoms. The summed E-state index contributed by atoms with van der Waals surface area (Å²) in [7, 11) is 1.35. The molecule has 0 saturated heterocycles. The van der Waals surface area contributed by atoms with Crippen LogP contribution in [-0.2, 0) is 30.3 Å². The summed E-state index contributed by atoms with van der Waals surface area (Å²) in [5, 5.41) is 15.1. The molecule has 1 aliphatic carbocycles. The average molecular weight is 464 g/mol. The number of alkyl halides is 3. The third kappa shape index (κ3) is 4.31. The van der Waals surface area contributed by atoms with Crippen molar-refractivity contribution in [1.29, 1.82) is 0 Å². The molecule has 5 nitrogen and oxygen atoms in total. The number of rotatable bonds is 6. The predicted octanol–water partition coefficient (Wildman–Crippen LogP) is 4.41. The summed E-state index contributed by atoms with van der Waals surface area (Å²) in [6.45, 7) is 0.